The molecule has 23 heavy (non-hydrogen) atoms. The van der Waals surface area contributed by atoms with Gasteiger partial charge in [-0.25, -0.2) is 13.1 Å². The Bertz CT molecular complexity index is 788. The number of rotatable bonds is 7. The molecule has 0 saturated heterocycles. The van der Waals surface area contributed by atoms with Gasteiger partial charge in [-0.1, -0.05) is 24.3 Å². The average Bonchev–Trinajstić information content (AvgIpc) is 2.55. The molecule has 122 valence electrons. The van der Waals surface area contributed by atoms with Crippen LogP contribution in [0, 0.1) is 10.1 Å². The van der Waals surface area contributed by atoms with E-state index in [0.717, 1.165) is 11.6 Å². The Labute approximate surface area is 134 Å². The van der Waals surface area contributed by atoms with Gasteiger partial charge in [0.2, 0.25) is 10.0 Å². The van der Waals surface area contributed by atoms with Gasteiger partial charge in [0.1, 0.15) is 5.75 Å². The lowest BCUT2D eigenvalue weighted by Crippen LogP contribution is -2.26. The van der Waals surface area contributed by atoms with Crippen molar-refractivity contribution in [1.82, 2.24) is 4.72 Å². The van der Waals surface area contributed by atoms with Crippen molar-refractivity contribution in [3.8, 4) is 5.75 Å². The normalized spacial score (nSPS) is 11.2. The third kappa shape index (κ3) is 4.27. The predicted octanol–water partition coefficient (Wildman–Crippen LogP) is 2.12. The lowest BCUT2D eigenvalue weighted by molar-refractivity contribution is -0.387. The molecule has 2 aromatic carbocycles. The molecule has 0 unspecified atom stereocenters. The smallest absolute Gasteiger partial charge is 0.289 e. The van der Waals surface area contributed by atoms with E-state index >= 15 is 0 Å². The molecule has 0 heterocycles. The zero-order chi connectivity index (χ0) is 16.9. The molecule has 0 aromatic heterocycles. The second-order valence-electron chi connectivity index (χ2n) is 4.72. The van der Waals surface area contributed by atoms with Crippen LogP contribution in [0.4, 0.5) is 5.69 Å². The molecule has 0 aliphatic heterocycles. The summed E-state index contributed by atoms with van der Waals surface area (Å²) in [6.07, 6.45) is 0.462. The SMILES string of the molecule is COc1ccc(CCNS(=O)(=O)c2ccccc2[N+](=O)[O-])cc1. The zero-order valence-electron chi connectivity index (χ0n) is 12.4. The fraction of sp³-hybridized carbons (Fsp3) is 0.200. The molecule has 2 rings (SSSR count). The van der Waals surface area contributed by atoms with E-state index in [1.807, 2.05) is 12.1 Å². The van der Waals surface area contributed by atoms with Crippen LogP contribution in [0.25, 0.3) is 0 Å². The van der Waals surface area contributed by atoms with E-state index in [1.165, 1.54) is 18.2 Å². The predicted molar refractivity (Wildman–Crippen MR) is 85.0 cm³/mol. The van der Waals surface area contributed by atoms with Crippen LogP contribution < -0.4 is 9.46 Å². The van der Waals surface area contributed by atoms with Crippen molar-refractivity contribution in [2.45, 2.75) is 11.3 Å². The minimum Gasteiger partial charge on any atom is -0.497 e. The fourth-order valence-electron chi connectivity index (χ4n) is 2.03. The Balaban J connectivity index is 2.05. The van der Waals surface area contributed by atoms with Gasteiger partial charge in [0.05, 0.1) is 12.0 Å². The van der Waals surface area contributed by atoms with Gasteiger partial charge in [-0.2, -0.15) is 0 Å². The first-order valence-electron chi connectivity index (χ1n) is 6.80. The number of nitro benzene ring substituents is 1. The van der Waals surface area contributed by atoms with Crippen LogP contribution in [-0.2, 0) is 16.4 Å². The number of ether oxygens (including phenoxy) is 1. The second kappa shape index (κ2) is 7.21. The van der Waals surface area contributed by atoms with Crippen LogP contribution in [0.5, 0.6) is 5.75 Å². The molecule has 2 aromatic rings. The van der Waals surface area contributed by atoms with E-state index in [9.17, 15) is 18.5 Å². The largest absolute Gasteiger partial charge is 0.497 e. The van der Waals surface area contributed by atoms with Gasteiger partial charge in [0.25, 0.3) is 5.69 Å². The van der Waals surface area contributed by atoms with E-state index in [-0.39, 0.29) is 11.4 Å². The van der Waals surface area contributed by atoms with Crippen molar-refractivity contribution < 1.29 is 18.1 Å². The number of methoxy groups -OCH3 is 1. The van der Waals surface area contributed by atoms with Gasteiger partial charge < -0.3 is 4.74 Å². The molecule has 1 N–H and O–H groups in total. The lowest BCUT2D eigenvalue weighted by atomic mass is 10.1. The topological polar surface area (TPSA) is 98.5 Å². The van der Waals surface area contributed by atoms with E-state index in [0.29, 0.717) is 12.2 Å². The maximum atomic E-state index is 12.2. The highest BCUT2D eigenvalue weighted by Gasteiger charge is 2.24. The van der Waals surface area contributed by atoms with Crippen LogP contribution in [-0.4, -0.2) is 27.0 Å². The summed E-state index contributed by atoms with van der Waals surface area (Å²) in [6.45, 7) is 0.140. The van der Waals surface area contributed by atoms with Crippen LogP contribution in [0.15, 0.2) is 53.4 Å². The van der Waals surface area contributed by atoms with E-state index in [2.05, 4.69) is 4.72 Å². The fourth-order valence-corrected chi connectivity index (χ4v) is 3.24. The van der Waals surface area contributed by atoms with E-state index in [4.69, 9.17) is 4.74 Å². The molecule has 0 atom stereocenters. The molecule has 0 radical (unpaired) electrons. The Morgan fingerprint density at radius 1 is 1.13 bits per heavy atom. The number of nitrogens with one attached hydrogen (secondary N) is 1. The first kappa shape index (κ1) is 16.9. The quantitative estimate of drug-likeness (QED) is 0.617. The molecule has 0 aliphatic carbocycles. The average molecular weight is 336 g/mol. The van der Waals surface area contributed by atoms with Crippen molar-refractivity contribution in [3.63, 3.8) is 0 Å². The number of benzene rings is 2. The van der Waals surface area contributed by atoms with Crippen molar-refractivity contribution >= 4 is 15.7 Å². The van der Waals surface area contributed by atoms with Crippen LogP contribution in [0.2, 0.25) is 0 Å². The highest BCUT2D eigenvalue weighted by molar-refractivity contribution is 7.89. The lowest BCUT2D eigenvalue weighted by Gasteiger charge is -2.08. The molecule has 0 saturated carbocycles. The Morgan fingerprint density at radius 3 is 2.39 bits per heavy atom. The van der Waals surface area contributed by atoms with Crippen molar-refractivity contribution in [2.24, 2.45) is 0 Å². The number of hydrogen-bond donors (Lipinski definition) is 1. The minimum atomic E-state index is -3.94. The molecule has 0 amide bonds. The summed E-state index contributed by atoms with van der Waals surface area (Å²) in [7, 11) is -2.37. The van der Waals surface area contributed by atoms with Crippen molar-refractivity contribution in [3.05, 3.63) is 64.2 Å². The standard InChI is InChI=1S/C15H16N2O5S/c1-22-13-8-6-12(7-9-13)10-11-16-23(20,21)15-5-3-2-4-14(15)17(18)19/h2-9,16H,10-11H2,1H3. The summed E-state index contributed by atoms with van der Waals surface area (Å²) in [5.74, 6) is 0.717. The van der Waals surface area contributed by atoms with E-state index < -0.39 is 20.6 Å². The third-order valence-electron chi connectivity index (χ3n) is 3.22. The van der Waals surface area contributed by atoms with Gasteiger partial charge in [-0.3, -0.25) is 10.1 Å². The van der Waals surface area contributed by atoms with Crippen molar-refractivity contribution in [1.29, 1.82) is 0 Å². The summed E-state index contributed by atoms with van der Waals surface area (Å²) < 4.78 is 31.9. The third-order valence-corrected chi connectivity index (χ3v) is 4.72. The zero-order valence-corrected chi connectivity index (χ0v) is 13.2. The number of nitro groups is 1. The molecular weight excluding hydrogens is 320 g/mol. The number of para-hydroxylation sites is 1. The van der Waals surface area contributed by atoms with Gasteiger partial charge >= 0.3 is 0 Å². The van der Waals surface area contributed by atoms with Crippen LogP contribution in [0.3, 0.4) is 0 Å². The summed E-state index contributed by atoms with van der Waals surface area (Å²) in [4.78, 5) is 9.88. The van der Waals surface area contributed by atoms with Crippen LogP contribution >= 0.6 is 0 Å². The highest BCUT2D eigenvalue weighted by Crippen LogP contribution is 2.22. The van der Waals surface area contributed by atoms with Gasteiger partial charge in [-0.15, -0.1) is 0 Å². The Kier molecular flexibility index (Phi) is 5.30. The molecule has 8 heteroatoms. The van der Waals surface area contributed by atoms with Crippen molar-refractivity contribution in [2.75, 3.05) is 13.7 Å². The Hall–Kier alpha value is -2.45. The van der Waals surface area contributed by atoms with E-state index in [1.54, 1.807) is 19.2 Å². The number of sulfonamides is 1. The second-order valence-corrected chi connectivity index (χ2v) is 6.46. The number of hydrogen-bond acceptors (Lipinski definition) is 5. The summed E-state index contributed by atoms with van der Waals surface area (Å²) in [6, 6.07) is 12.5. The first-order valence-corrected chi connectivity index (χ1v) is 8.28. The first-order chi connectivity index (χ1) is 10.9. The summed E-state index contributed by atoms with van der Waals surface area (Å²) in [5.41, 5.74) is 0.487. The maximum Gasteiger partial charge on any atom is 0.289 e. The summed E-state index contributed by atoms with van der Waals surface area (Å²) >= 11 is 0. The molecule has 0 bridgehead atoms. The van der Waals surface area contributed by atoms with Gasteiger partial charge in [0, 0.05) is 12.6 Å². The van der Waals surface area contributed by atoms with Crippen LogP contribution in [0.1, 0.15) is 5.56 Å². The summed E-state index contributed by atoms with van der Waals surface area (Å²) in [5, 5.41) is 10.9. The molecule has 7 nitrogen and oxygen atoms in total. The minimum absolute atomic E-state index is 0.140. The molecule has 0 spiro atoms. The molecular formula is C15H16N2O5S. The number of nitrogens with zero attached hydrogens (tertiary/aromatic N) is 1. The maximum absolute atomic E-state index is 12.2. The Morgan fingerprint density at radius 2 is 1.78 bits per heavy atom. The molecule has 0 fully saturated rings. The highest BCUT2D eigenvalue weighted by atomic mass is 32.2. The van der Waals surface area contributed by atoms with Gasteiger partial charge in [-0.05, 0) is 30.2 Å². The van der Waals surface area contributed by atoms with Gasteiger partial charge in [0.15, 0.2) is 4.90 Å². The molecule has 0 aliphatic rings. The monoisotopic (exact) mass is 336 g/mol.